The van der Waals surface area contributed by atoms with Crippen LogP contribution in [0.1, 0.15) is 32.8 Å². The summed E-state index contributed by atoms with van der Waals surface area (Å²) in [6.45, 7) is 4.13. The highest BCUT2D eigenvalue weighted by molar-refractivity contribution is 6.06. The second-order valence-corrected chi connectivity index (χ2v) is 6.96. The highest BCUT2D eigenvalue weighted by Crippen LogP contribution is 2.29. The third-order valence-corrected chi connectivity index (χ3v) is 4.14. The first-order valence-corrected chi connectivity index (χ1v) is 8.63. The van der Waals surface area contributed by atoms with Crippen LogP contribution in [0.15, 0.2) is 24.3 Å². The lowest BCUT2D eigenvalue weighted by Gasteiger charge is -2.17. The zero-order valence-corrected chi connectivity index (χ0v) is 15.9. The Bertz CT molecular complexity index is 821. The third-order valence-electron chi connectivity index (χ3n) is 4.14. The van der Waals surface area contributed by atoms with Crippen molar-refractivity contribution in [2.45, 2.75) is 45.0 Å². The summed E-state index contributed by atoms with van der Waals surface area (Å²) in [7, 11) is 0. The van der Waals surface area contributed by atoms with Crippen LogP contribution in [0.2, 0.25) is 0 Å². The van der Waals surface area contributed by atoms with Crippen molar-refractivity contribution in [3.63, 3.8) is 0 Å². The van der Waals surface area contributed by atoms with E-state index >= 15 is 0 Å². The molecule has 1 aromatic rings. The summed E-state index contributed by atoms with van der Waals surface area (Å²) >= 11 is 0. The number of benzene rings is 1. The van der Waals surface area contributed by atoms with Gasteiger partial charge >= 0.3 is 18.2 Å². The van der Waals surface area contributed by atoms with Crippen molar-refractivity contribution in [3.05, 3.63) is 29.8 Å². The normalized spacial score (nSPS) is 17.0. The number of amides is 4. The van der Waals surface area contributed by atoms with E-state index in [0.717, 1.165) is 29.2 Å². The fraction of sp³-hybridized carbons (Fsp3) is 0.444. The monoisotopic (exact) mass is 415 g/mol. The van der Waals surface area contributed by atoms with Crippen molar-refractivity contribution >= 4 is 29.5 Å². The fourth-order valence-corrected chi connectivity index (χ4v) is 2.52. The van der Waals surface area contributed by atoms with Crippen molar-refractivity contribution in [3.8, 4) is 0 Å². The molecule has 2 N–H and O–H groups in total. The average molecular weight is 415 g/mol. The highest BCUT2D eigenvalue weighted by Gasteiger charge is 2.44. The standard InChI is InChI=1S/C18H20F3N3O5/c1-10(14(26)22-12-6-4-11(5-7-12)18(19,20)21)29-13(25)8-9-24-15(27)17(2,3)23-16(24)28/h4-7,10H,8-9H2,1-3H3,(H,22,26)(H,23,28)/t10-/m0/s1. The molecule has 1 heterocycles. The number of nitrogens with one attached hydrogen (secondary N) is 2. The van der Waals surface area contributed by atoms with Gasteiger partial charge in [0.1, 0.15) is 5.54 Å². The molecule has 0 radical (unpaired) electrons. The maximum absolute atomic E-state index is 12.5. The van der Waals surface area contributed by atoms with Crippen molar-refractivity contribution in [2.24, 2.45) is 0 Å². The number of hydrogen-bond acceptors (Lipinski definition) is 5. The molecule has 4 amide bonds. The molecule has 1 saturated heterocycles. The zero-order valence-electron chi connectivity index (χ0n) is 15.9. The summed E-state index contributed by atoms with van der Waals surface area (Å²) < 4.78 is 42.5. The van der Waals surface area contributed by atoms with E-state index in [1.165, 1.54) is 20.8 Å². The average Bonchev–Trinajstić information content (AvgIpc) is 2.80. The number of alkyl halides is 3. The van der Waals surface area contributed by atoms with E-state index in [-0.39, 0.29) is 18.7 Å². The Morgan fingerprint density at radius 1 is 1.21 bits per heavy atom. The van der Waals surface area contributed by atoms with Crippen LogP contribution in [0.25, 0.3) is 0 Å². The second kappa shape index (κ2) is 8.10. The number of esters is 1. The van der Waals surface area contributed by atoms with Gasteiger partial charge < -0.3 is 15.4 Å². The summed E-state index contributed by atoms with van der Waals surface area (Å²) in [5.74, 6) is -2.04. The SMILES string of the molecule is C[C@H](OC(=O)CCN1C(=O)NC(C)(C)C1=O)C(=O)Nc1ccc(C(F)(F)F)cc1. The maximum atomic E-state index is 12.5. The summed E-state index contributed by atoms with van der Waals surface area (Å²) in [6.07, 6.45) is -6.04. The molecule has 1 atom stereocenters. The fourth-order valence-electron chi connectivity index (χ4n) is 2.52. The molecule has 0 aromatic heterocycles. The Labute approximate surface area is 164 Å². The van der Waals surface area contributed by atoms with Gasteiger partial charge in [-0.05, 0) is 45.0 Å². The summed E-state index contributed by atoms with van der Waals surface area (Å²) in [4.78, 5) is 48.6. The van der Waals surface area contributed by atoms with Crippen molar-refractivity contribution in [1.29, 1.82) is 0 Å². The van der Waals surface area contributed by atoms with E-state index in [9.17, 15) is 32.3 Å². The van der Waals surface area contributed by atoms with Crippen LogP contribution in [0.4, 0.5) is 23.7 Å². The first-order chi connectivity index (χ1) is 13.3. The number of nitrogens with zero attached hydrogens (tertiary/aromatic N) is 1. The van der Waals surface area contributed by atoms with Gasteiger partial charge in [0.15, 0.2) is 6.10 Å². The van der Waals surface area contributed by atoms with Crippen LogP contribution in [0, 0.1) is 0 Å². The molecule has 158 valence electrons. The summed E-state index contributed by atoms with van der Waals surface area (Å²) in [5.41, 5.74) is -1.82. The molecule has 1 aliphatic rings. The van der Waals surface area contributed by atoms with E-state index in [0.29, 0.717) is 0 Å². The molecule has 1 aliphatic heterocycles. The number of carbonyl (C=O) groups excluding carboxylic acids is 4. The quantitative estimate of drug-likeness (QED) is 0.548. The Morgan fingerprint density at radius 3 is 2.28 bits per heavy atom. The third kappa shape index (κ3) is 5.46. The molecule has 0 bridgehead atoms. The van der Waals surface area contributed by atoms with E-state index in [1.807, 2.05) is 0 Å². The Morgan fingerprint density at radius 2 is 1.79 bits per heavy atom. The van der Waals surface area contributed by atoms with Gasteiger partial charge in [-0.1, -0.05) is 0 Å². The molecule has 0 saturated carbocycles. The van der Waals surface area contributed by atoms with Gasteiger partial charge in [-0.25, -0.2) is 4.79 Å². The van der Waals surface area contributed by atoms with Crippen LogP contribution in [-0.2, 0) is 25.3 Å². The number of ether oxygens (including phenoxy) is 1. The number of rotatable bonds is 6. The number of urea groups is 1. The van der Waals surface area contributed by atoms with Gasteiger partial charge in [-0.15, -0.1) is 0 Å². The van der Waals surface area contributed by atoms with Gasteiger partial charge in [-0.3, -0.25) is 19.3 Å². The largest absolute Gasteiger partial charge is 0.452 e. The van der Waals surface area contributed by atoms with Gasteiger partial charge in [-0.2, -0.15) is 13.2 Å². The maximum Gasteiger partial charge on any atom is 0.416 e. The number of carbonyl (C=O) groups is 4. The summed E-state index contributed by atoms with van der Waals surface area (Å²) in [5, 5.41) is 4.80. The minimum atomic E-state index is -4.49. The smallest absolute Gasteiger partial charge is 0.416 e. The second-order valence-electron chi connectivity index (χ2n) is 6.96. The van der Waals surface area contributed by atoms with Crippen LogP contribution in [0.3, 0.4) is 0 Å². The van der Waals surface area contributed by atoms with Crippen LogP contribution in [0.5, 0.6) is 0 Å². The number of imide groups is 1. The molecular formula is C18H20F3N3O5. The van der Waals surface area contributed by atoms with Crippen molar-refractivity contribution in [1.82, 2.24) is 10.2 Å². The van der Waals surface area contributed by atoms with E-state index in [1.54, 1.807) is 0 Å². The minimum absolute atomic E-state index is 0.104. The van der Waals surface area contributed by atoms with E-state index in [4.69, 9.17) is 4.74 Å². The molecule has 0 spiro atoms. The molecule has 0 unspecified atom stereocenters. The van der Waals surface area contributed by atoms with Crippen molar-refractivity contribution < 1.29 is 37.1 Å². The van der Waals surface area contributed by atoms with Gasteiger partial charge in [0, 0.05) is 12.2 Å². The zero-order chi connectivity index (χ0) is 22.0. The topological polar surface area (TPSA) is 105 Å². The number of halogens is 3. The molecule has 2 rings (SSSR count). The highest BCUT2D eigenvalue weighted by atomic mass is 19.4. The lowest BCUT2D eigenvalue weighted by molar-refractivity contribution is -0.153. The predicted molar refractivity (Wildman–Crippen MR) is 94.6 cm³/mol. The molecule has 1 aromatic carbocycles. The van der Waals surface area contributed by atoms with Crippen molar-refractivity contribution in [2.75, 3.05) is 11.9 Å². The first-order valence-electron chi connectivity index (χ1n) is 8.63. The Hall–Kier alpha value is -3.11. The minimum Gasteiger partial charge on any atom is -0.452 e. The molecule has 11 heteroatoms. The van der Waals surface area contributed by atoms with Gasteiger partial charge in [0.25, 0.3) is 11.8 Å². The van der Waals surface area contributed by atoms with Crippen LogP contribution < -0.4 is 10.6 Å². The van der Waals surface area contributed by atoms with Gasteiger partial charge in [0.2, 0.25) is 0 Å². The van der Waals surface area contributed by atoms with E-state index < -0.39 is 47.2 Å². The number of hydrogen-bond donors (Lipinski definition) is 2. The predicted octanol–water partition coefficient (Wildman–Crippen LogP) is 2.30. The first kappa shape index (κ1) is 22.2. The molecule has 8 nitrogen and oxygen atoms in total. The van der Waals surface area contributed by atoms with E-state index in [2.05, 4.69) is 10.6 Å². The lowest BCUT2D eigenvalue weighted by atomic mass is 10.1. The molecule has 0 aliphatic carbocycles. The Kier molecular flexibility index (Phi) is 6.19. The Balaban J connectivity index is 1.84. The van der Waals surface area contributed by atoms with Crippen LogP contribution >= 0.6 is 0 Å². The molecule has 1 fully saturated rings. The van der Waals surface area contributed by atoms with Gasteiger partial charge in [0.05, 0.1) is 12.0 Å². The number of anilines is 1. The van der Waals surface area contributed by atoms with Crippen LogP contribution in [-0.4, -0.2) is 46.9 Å². The summed E-state index contributed by atoms with van der Waals surface area (Å²) in [6, 6.07) is 3.15. The molecular weight excluding hydrogens is 395 g/mol. The molecule has 29 heavy (non-hydrogen) atoms. The lowest BCUT2D eigenvalue weighted by Crippen LogP contribution is -2.40.